The van der Waals surface area contributed by atoms with E-state index in [1.54, 1.807) is 0 Å². The first-order chi connectivity index (χ1) is 8.74. The SMILES string of the molecule is Cl.NC1CCN(C(=O)C2COc3ccccc3C2)C1. The first kappa shape index (κ1) is 14.2. The molecule has 0 spiro atoms. The zero-order valence-corrected chi connectivity index (χ0v) is 11.6. The Hall–Kier alpha value is -1.26. The molecule has 0 radical (unpaired) electrons. The Morgan fingerprint density at radius 1 is 1.37 bits per heavy atom. The standard InChI is InChI=1S/C14H18N2O2.ClH/c15-12-5-6-16(8-12)14(17)11-7-10-3-1-2-4-13(10)18-9-11;/h1-4,11-12H,5-9,15H2;1H. The number of ether oxygens (including phenoxy) is 1. The van der Waals surface area contributed by atoms with Gasteiger partial charge in [-0.3, -0.25) is 4.79 Å². The Bertz CT molecular complexity index is 467. The molecule has 0 aliphatic carbocycles. The van der Waals surface area contributed by atoms with Crippen LogP contribution in [0, 0.1) is 5.92 Å². The second-order valence-electron chi connectivity index (χ2n) is 5.15. The summed E-state index contributed by atoms with van der Waals surface area (Å²) in [5, 5.41) is 0. The van der Waals surface area contributed by atoms with E-state index in [0.29, 0.717) is 13.2 Å². The van der Waals surface area contributed by atoms with Crippen LogP contribution in [0.3, 0.4) is 0 Å². The van der Waals surface area contributed by atoms with Gasteiger partial charge in [0.2, 0.25) is 5.91 Å². The normalized spacial score (nSPS) is 25.2. The highest BCUT2D eigenvalue weighted by atomic mass is 35.5. The van der Waals surface area contributed by atoms with Crippen molar-refractivity contribution in [2.45, 2.75) is 18.9 Å². The second kappa shape index (κ2) is 5.80. The Morgan fingerprint density at radius 3 is 2.89 bits per heavy atom. The van der Waals surface area contributed by atoms with E-state index in [9.17, 15) is 4.79 Å². The molecule has 19 heavy (non-hydrogen) atoms. The number of amides is 1. The number of rotatable bonds is 1. The first-order valence-electron chi connectivity index (χ1n) is 6.49. The number of halogens is 1. The molecule has 5 heteroatoms. The van der Waals surface area contributed by atoms with Gasteiger partial charge in [0.05, 0.1) is 5.92 Å². The number of nitrogens with zero attached hydrogens (tertiary/aromatic N) is 1. The van der Waals surface area contributed by atoms with Gasteiger partial charge in [-0.25, -0.2) is 0 Å². The van der Waals surface area contributed by atoms with Crippen molar-refractivity contribution in [3.05, 3.63) is 29.8 Å². The Balaban J connectivity index is 0.00000133. The van der Waals surface area contributed by atoms with Gasteiger partial charge in [-0.15, -0.1) is 12.4 Å². The van der Waals surface area contributed by atoms with Gasteiger partial charge in [0.25, 0.3) is 0 Å². The topological polar surface area (TPSA) is 55.6 Å². The fourth-order valence-electron chi connectivity index (χ4n) is 2.73. The number of carbonyl (C=O) groups excluding carboxylic acids is 1. The Morgan fingerprint density at radius 2 is 2.16 bits per heavy atom. The third kappa shape index (κ3) is 2.85. The fourth-order valence-corrected chi connectivity index (χ4v) is 2.73. The molecule has 2 aliphatic rings. The highest BCUT2D eigenvalue weighted by Crippen LogP contribution is 2.28. The van der Waals surface area contributed by atoms with E-state index in [1.165, 1.54) is 0 Å². The molecule has 1 saturated heterocycles. The quantitative estimate of drug-likeness (QED) is 0.843. The van der Waals surface area contributed by atoms with Gasteiger partial charge in [-0.05, 0) is 24.5 Å². The number of likely N-dealkylation sites (tertiary alicyclic amines) is 1. The molecule has 1 aromatic carbocycles. The molecule has 2 unspecified atom stereocenters. The van der Waals surface area contributed by atoms with E-state index < -0.39 is 0 Å². The van der Waals surface area contributed by atoms with Gasteiger partial charge >= 0.3 is 0 Å². The summed E-state index contributed by atoms with van der Waals surface area (Å²) in [7, 11) is 0. The average Bonchev–Trinajstić information content (AvgIpc) is 2.84. The van der Waals surface area contributed by atoms with E-state index in [4.69, 9.17) is 10.5 Å². The van der Waals surface area contributed by atoms with Gasteiger partial charge in [0.1, 0.15) is 12.4 Å². The van der Waals surface area contributed by atoms with Gasteiger partial charge in [-0.1, -0.05) is 18.2 Å². The third-order valence-electron chi connectivity index (χ3n) is 3.76. The minimum absolute atomic E-state index is 0. The molecule has 104 valence electrons. The van der Waals surface area contributed by atoms with Crippen molar-refractivity contribution in [1.29, 1.82) is 0 Å². The maximum Gasteiger partial charge on any atom is 0.229 e. The number of fused-ring (bicyclic) bond motifs is 1. The number of benzene rings is 1. The van der Waals surface area contributed by atoms with Crippen LogP contribution in [0.4, 0.5) is 0 Å². The number of nitrogens with two attached hydrogens (primary N) is 1. The molecule has 0 bridgehead atoms. The minimum atomic E-state index is -0.0507. The van der Waals surface area contributed by atoms with Crippen LogP contribution in [0.1, 0.15) is 12.0 Å². The average molecular weight is 283 g/mol. The molecule has 2 N–H and O–H groups in total. The molecule has 2 heterocycles. The van der Waals surface area contributed by atoms with E-state index in [1.807, 2.05) is 29.2 Å². The summed E-state index contributed by atoms with van der Waals surface area (Å²) in [5.74, 6) is 1.06. The van der Waals surface area contributed by atoms with Crippen molar-refractivity contribution in [3.63, 3.8) is 0 Å². The summed E-state index contributed by atoms with van der Waals surface area (Å²) in [6.07, 6.45) is 1.69. The lowest BCUT2D eigenvalue weighted by molar-refractivity contribution is -0.135. The lowest BCUT2D eigenvalue weighted by atomic mass is 9.95. The molecular formula is C14H19ClN2O2. The summed E-state index contributed by atoms with van der Waals surface area (Å²) >= 11 is 0. The van der Waals surface area contributed by atoms with Crippen LogP contribution in [0.15, 0.2) is 24.3 Å². The lowest BCUT2D eigenvalue weighted by Crippen LogP contribution is -2.40. The molecule has 3 rings (SSSR count). The van der Waals surface area contributed by atoms with Crippen molar-refractivity contribution < 1.29 is 9.53 Å². The number of hydrogen-bond donors (Lipinski definition) is 1. The monoisotopic (exact) mass is 282 g/mol. The zero-order chi connectivity index (χ0) is 12.5. The van der Waals surface area contributed by atoms with Crippen molar-refractivity contribution in [1.82, 2.24) is 4.90 Å². The lowest BCUT2D eigenvalue weighted by Gasteiger charge is -2.28. The summed E-state index contributed by atoms with van der Waals surface area (Å²) < 4.78 is 5.66. The van der Waals surface area contributed by atoms with E-state index in [2.05, 4.69) is 0 Å². The summed E-state index contributed by atoms with van der Waals surface area (Å²) in [6, 6.07) is 8.08. The van der Waals surface area contributed by atoms with Crippen molar-refractivity contribution in [2.24, 2.45) is 11.7 Å². The smallest absolute Gasteiger partial charge is 0.229 e. The van der Waals surface area contributed by atoms with Crippen molar-refractivity contribution in [3.8, 4) is 5.75 Å². The van der Waals surface area contributed by atoms with Crippen LogP contribution in [-0.4, -0.2) is 36.5 Å². The predicted molar refractivity (Wildman–Crippen MR) is 75.6 cm³/mol. The largest absolute Gasteiger partial charge is 0.492 e. The number of carbonyl (C=O) groups is 1. The van der Waals surface area contributed by atoms with Crippen LogP contribution >= 0.6 is 12.4 Å². The van der Waals surface area contributed by atoms with Crippen molar-refractivity contribution >= 4 is 18.3 Å². The van der Waals surface area contributed by atoms with Crippen molar-refractivity contribution in [2.75, 3.05) is 19.7 Å². The van der Waals surface area contributed by atoms with Crippen LogP contribution < -0.4 is 10.5 Å². The van der Waals surface area contributed by atoms with Gasteiger partial charge in [0.15, 0.2) is 0 Å². The summed E-state index contributed by atoms with van der Waals surface area (Å²) in [5.41, 5.74) is 6.97. The van der Waals surface area contributed by atoms with Crippen LogP contribution in [0.25, 0.3) is 0 Å². The Kier molecular flexibility index (Phi) is 4.32. The predicted octanol–water partition coefficient (Wildman–Crippen LogP) is 1.22. The van der Waals surface area contributed by atoms with Crippen LogP contribution in [0.5, 0.6) is 5.75 Å². The maximum absolute atomic E-state index is 12.3. The molecule has 1 fully saturated rings. The minimum Gasteiger partial charge on any atom is -0.492 e. The maximum atomic E-state index is 12.3. The number of hydrogen-bond acceptors (Lipinski definition) is 3. The highest BCUT2D eigenvalue weighted by Gasteiger charge is 2.32. The first-order valence-corrected chi connectivity index (χ1v) is 6.49. The molecule has 0 aromatic heterocycles. The van der Waals surface area contributed by atoms with E-state index in [0.717, 1.165) is 30.7 Å². The van der Waals surface area contributed by atoms with Crippen LogP contribution in [0.2, 0.25) is 0 Å². The molecule has 1 aromatic rings. The van der Waals surface area contributed by atoms with Crippen LogP contribution in [-0.2, 0) is 11.2 Å². The summed E-state index contributed by atoms with van der Waals surface area (Å²) in [6.45, 7) is 1.97. The Labute approximate surface area is 119 Å². The third-order valence-corrected chi connectivity index (χ3v) is 3.76. The summed E-state index contributed by atoms with van der Waals surface area (Å²) in [4.78, 5) is 14.2. The number of para-hydroxylation sites is 1. The highest BCUT2D eigenvalue weighted by molar-refractivity contribution is 5.85. The molecule has 2 aliphatic heterocycles. The van der Waals surface area contributed by atoms with Gasteiger partial charge in [-0.2, -0.15) is 0 Å². The molecule has 2 atom stereocenters. The zero-order valence-electron chi connectivity index (χ0n) is 10.7. The molecule has 0 saturated carbocycles. The van der Waals surface area contributed by atoms with E-state index >= 15 is 0 Å². The van der Waals surface area contributed by atoms with E-state index in [-0.39, 0.29) is 30.3 Å². The van der Waals surface area contributed by atoms with Gasteiger partial charge in [0, 0.05) is 19.1 Å². The fraction of sp³-hybridized carbons (Fsp3) is 0.500. The molecule has 4 nitrogen and oxygen atoms in total. The second-order valence-corrected chi connectivity index (χ2v) is 5.15. The molecular weight excluding hydrogens is 264 g/mol. The molecule has 1 amide bonds. The van der Waals surface area contributed by atoms with Gasteiger partial charge < -0.3 is 15.4 Å².